The number of rotatable bonds is 7. The average molecular weight is 729 g/mol. The first-order valence-corrected chi connectivity index (χ1v) is 15.4. The zero-order valence-corrected chi connectivity index (χ0v) is 26.8. The predicted molar refractivity (Wildman–Crippen MR) is 169 cm³/mol. The fourth-order valence-electron chi connectivity index (χ4n) is 4.79. The van der Waals surface area contributed by atoms with Crippen LogP contribution in [0.15, 0.2) is 61.3 Å². The van der Waals surface area contributed by atoms with Crippen molar-refractivity contribution in [2.45, 2.75) is 44.6 Å². The van der Waals surface area contributed by atoms with E-state index in [0.29, 0.717) is 53.3 Å². The number of hydrogen-bond donors (Lipinski definition) is 0. The maximum Gasteiger partial charge on any atom is 0.282 e. The molecule has 0 radical (unpaired) electrons. The van der Waals surface area contributed by atoms with Gasteiger partial charge >= 0.3 is 0 Å². The molecule has 0 saturated heterocycles. The summed E-state index contributed by atoms with van der Waals surface area (Å²) in [5.41, 5.74) is 1.87. The van der Waals surface area contributed by atoms with Crippen LogP contribution in [0.5, 0.6) is 11.5 Å². The first-order chi connectivity index (χ1) is 19.3. The van der Waals surface area contributed by atoms with Gasteiger partial charge in [-0.05, 0) is 70.7 Å². The first-order valence-electron chi connectivity index (χ1n) is 12.7. The molecule has 0 aliphatic heterocycles. The molecule has 0 spiro atoms. The van der Waals surface area contributed by atoms with E-state index in [1.807, 2.05) is 18.2 Å². The van der Waals surface area contributed by atoms with E-state index in [2.05, 4.69) is 37.0 Å². The van der Waals surface area contributed by atoms with Crippen LogP contribution < -0.4 is 15.0 Å². The Labute approximate surface area is 263 Å². The van der Waals surface area contributed by atoms with Gasteiger partial charge in [0.2, 0.25) is 0 Å². The van der Waals surface area contributed by atoms with Crippen molar-refractivity contribution in [2.75, 3.05) is 7.11 Å². The van der Waals surface area contributed by atoms with Gasteiger partial charge in [-0.3, -0.25) is 4.79 Å². The fourth-order valence-corrected chi connectivity index (χ4v) is 6.13. The quantitative estimate of drug-likeness (QED) is 0.178. The van der Waals surface area contributed by atoms with Crippen LogP contribution in [0, 0.1) is 0 Å². The second kappa shape index (κ2) is 12.8. The Morgan fingerprint density at radius 3 is 2.55 bits per heavy atom. The van der Waals surface area contributed by atoms with E-state index in [9.17, 15) is 4.79 Å². The van der Waals surface area contributed by atoms with Crippen molar-refractivity contribution in [3.63, 3.8) is 0 Å². The standard InChI is InChI=1S/C29H24Br2Cl3N3O3/c1-39-24-12-18(25(31)26(34)27(24)40-15-16-7-9-21(32)22(33)11-16)14-35-37-28(17-5-3-2-4-6-17)36-23-10-8-19(30)13-20(23)29(37)38/h7-14,17H,2-6,15H2,1H3. The highest BCUT2D eigenvalue weighted by Gasteiger charge is 2.23. The van der Waals surface area contributed by atoms with Gasteiger partial charge in [0.15, 0.2) is 11.5 Å². The highest BCUT2D eigenvalue weighted by atomic mass is 79.9. The monoisotopic (exact) mass is 725 g/mol. The molecule has 0 amide bonds. The average Bonchev–Trinajstić information content (AvgIpc) is 2.96. The summed E-state index contributed by atoms with van der Waals surface area (Å²) in [6.45, 7) is 0.200. The molecule has 0 unspecified atom stereocenters. The van der Waals surface area contributed by atoms with E-state index in [1.54, 1.807) is 30.5 Å². The second-order valence-corrected chi connectivity index (χ2v) is 12.4. The van der Waals surface area contributed by atoms with Crippen LogP contribution in [0.4, 0.5) is 0 Å². The van der Waals surface area contributed by atoms with E-state index in [-0.39, 0.29) is 18.1 Å². The van der Waals surface area contributed by atoms with Crippen molar-refractivity contribution in [1.29, 1.82) is 0 Å². The molecule has 1 aliphatic carbocycles. The first kappa shape index (κ1) is 29.4. The van der Waals surface area contributed by atoms with Gasteiger partial charge in [0, 0.05) is 20.4 Å². The molecule has 208 valence electrons. The third-order valence-electron chi connectivity index (χ3n) is 6.86. The summed E-state index contributed by atoms with van der Waals surface area (Å²) in [4.78, 5) is 18.5. The van der Waals surface area contributed by atoms with E-state index in [0.717, 1.165) is 35.7 Å². The van der Waals surface area contributed by atoms with Crippen LogP contribution in [0.25, 0.3) is 10.9 Å². The number of benzene rings is 3. The van der Waals surface area contributed by atoms with Crippen LogP contribution >= 0.6 is 66.7 Å². The molecular formula is C29H24Br2Cl3N3O3. The minimum Gasteiger partial charge on any atom is -0.493 e. The van der Waals surface area contributed by atoms with Gasteiger partial charge in [0.25, 0.3) is 5.56 Å². The third kappa shape index (κ3) is 6.21. The topological polar surface area (TPSA) is 65.7 Å². The Bertz CT molecular complexity index is 1670. The molecule has 1 saturated carbocycles. The number of nitrogens with zero attached hydrogens (tertiary/aromatic N) is 3. The molecule has 40 heavy (non-hydrogen) atoms. The number of aromatic nitrogens is 2. The minimum absolute atomic E-state index is 0.158. The Morgan fingerprint density at radius 2 is 1.82 bits per heavy atom. The van der Waals surface area contributed by atoms with Gasteiger partial charge in [0.1, 0.15) is 17.5 Å². The largest absolute Gasteiger partial charge is 0.493 e. The zero-order chi connectivity index (χ0) is 28.4. The number of halogens is 5. The van der Waals surface area contributed by atoms with Crippen LogP contribution in [-0.2, 0) is 6.61 Å². The zero-order valence-electron chi connectivity index (χ0n) is 21.4. The lowest BCUT2D eigenvalue weighted by Crippen LogP contribution is -2.25. The molecule has 1 heterocycles. The molecule has 1 aliphatic rings. The molecule has 6 nitrogen and oxygen atoms in total. The molecule has 0 N–H and O–H groups in total. The summed E-state index contributed by atoms with van der Waals surface area (Å²) in [5, 5.41) is 6.34. The Morgan fingerprint density at radius 1 is 1.05 bits per heavy atom. The Balaban J connectivity index is 1.52. The highest BCUT2D eigenvalue weighted by molar-refractivity contribution is 9.10. The van der Waals surface area contributed by atoms with Gasteiger partial charge in [0.05, 0.1) is 34.3 Å². The van der Waals surface area contributed by atoms with Crippen molar-refractivity contribution in [2.24, 2.45) is 5.10 Å². The number of hydrogen-bond acceptors (Lipinski definition) is 5. The van der Waals surface area contributed by atoms with Crippen LogP contribution in [-0.4, -0.2) is 23.0 Å². The van der Waals surface area contributed by atoms with Crippen molar-refractivity contribution in [3.8, 4) is 11.5 Å². The molecule has 11 heteroatoms. The Hall–Kier alpha value is -2.10. The van der Waals surface area contributed by atoms with E-state index in [1.165, 1.54) is 18.2 Å². The summed E-state index contributed by atoms with van der Waals surface area (Å²) in [5.74, 6) is 1.60. The van der Waals surface area contributed by atoms with Crippen LogP contribution in [0.1, 0.15) is 55.0 Å². The molecule has 5 rings (SSSR count). The smallest absolute Gasteiger partial charge is 0.282 e. The predicted octanol–water partition coefficient (Wildman–Crippen LogP) is 9.40. The molecule has 4 aromatic rings. The van der Waals surface area contributed by atoms with Crippen LogP contribution in [0.3, 0.4) is 0 Å². The lowest BCUT2D eigenvalue weighted by Gasteiger charge is -2.22. The Kier molecular flexibility index (Phi) is 9.42. The van der Waals surface area contributed by atoms with Gasteiger partial charge in [-0.2, -0.15) is 9.78 Å². The molecule has 0 atom stereocenters. The maximum absolute atomic E-state index is 13.6. The van der Waals surface area contributed by atoms with E-state index >= 15 is 0 Å². The minimum atomic E-state index is -0.223. The molecular weight excluding hydrogens is 705 g/mol. The number of methoxy groups -OCH3 is 1. The van der Waals surface area contributed by atoms with Gasteiger partial charge in [-0.1, -0.05) is 76.1 Å². The molecule has 1 aromatic heterocycles. The normalized spacial score (nSPS) is 14.2. The summed E-state index contributed by atoms with van der Waals surface area (Å²) >= 11 is 25.9. The number of ether oxygens (including phenoxy) is 2. The fraction of sp³-hybridized carbons (Fsp3) is 0.276. The number of fused-ring (bicyclic) bond motifs is 1. The van der Waals surface area contributed by atoms with Gasteiger partial charge < -0.3 is 9.47 Å². The summed E-state index contributed by atoms with van der Waals surface area (Å²) in [7, 11) is 1.53. The third-order valence-corrected chi connectivity index (χ3v) is 9.53. The van der Waals surface area contributed by atoms with Crippen molar-refractivity contribution < 1.29 is 9.47 Å². The van der Waals surface area contributed by atoms with E-state index < -0.39 is 0 Å². The summed E-state index contributed by atoms with van der Waals surface area (Å²) < 4.78 is 14.4. The van der Waals surface area contributed by atoms with Gasteiger partial charge in [-0.25, -0.2) is 4.98 Å². The van der Waals surface area contributed by atoms with Gasteiger partial charge in [-0.15, -0.1) is 0 Å². The molecule has 3 aromatic carbocycles. The van der Waals surface area contributed by atoms with Crippen molar-refractivity contribution in [1.82, 2.24) is 9.66 Å². The lowest BCUT2D eigenvalue weighted by atomic mass is 9.88. The summed E-state index contributed by atoms with van der Waals surface area (Å²) in [6.07, 6.45) is 6.92. The highest BCUT2D eigenvalue weighted by Crippen LogP contribution is 2.42. The van der Waals surface area contributed by atoms with Crippen molar-refractivity contribution >= 4 is 83.8 Å². The van der Waals surface area contributed by atoms with E-state index in [4.69, 9.17) is 49.3 Å². The maximum atomic E-state index is 13.6. The molecule has 0 bridgehead atoms. The van der Waals surface area contributed by atoms with Crippen molar-refractivity contribution in [3.05, 3.63) is 93.8 Å². The second-order valence-electron chi connectivity index (χ2n) is 9.49. The summed E-state index contributed by atoms with van der Waals surface area (Å²) in [6, 6.07) is 12.5. The van der Waals surface area contributed by atoms with Crippen LogP contribution in [0.2, 0.25) is 15.1 Å². The lowest BCUT2D eigenvalue weighted by molar-refractivity contribution is 0.284. The SMILES string of the molecule is COc1cc(C=Nn2c(C3CCCCC3)nc3ccc(Br)cc3c2=O)c(Br)c(Cl)c1OCc1ccc(Cl)c(Cl)c1. The molecule has 1 fully saturated rings.